The lowest BCUT2D eigenvalue weighted by atomic mass is 10.2. The first-order valence-electron chi connectivity index (χ1n) is 5.90. The van der Waals surface area contributed by atoms with E-state index in [0.29, 0.717) is 16.3 Å². The summed E-state index contributed by atoms with van der Waals surface area (Å²) < 4.78 is 0. The zero-order valence-electron chi connectivity index (χ0n) is 9.92. The number of likely N-dealkylation sites (N-methyl/N-ethyl adjacent to an activating group) is 1. The summed E-state index contributed by atoms with van der Waals surface area (Å²) in [5, 5.41) is 4.21. The highest BCUT2D eigenvalue weighted by Gasteiger charge is 2.24. The SMILES string of the molecule is CNCC1CCCN1Cc1ccc(Cl)nc1Cl. The van der Waals surface area contributed by atoms with Crippen molar-refractivity contribution in [1.29, 1.82) is 0 Å². The van der Waals surface area contributed by atoms with E-state index in [1.54, 1.807) is 6.07 Å². The van der Waals surface area contributed by atoms with Crippen LogP contribution in [0.1, 0.15) is 18.4 Å². The zero-order chi connectivity index (χ0) is 12.3. The maximum atomic E-state index is 6.09. The Bertz CT molecular complexity index is 384. The largest absolute Gasteiger partial charge is 0.318 e. The Labute approximate surface area is 112 Å². The van der Waals surface area contributed by atoms with Crippen molar-refractivity contribution < 1.29 is 0 Å². The monoisotopic (exact) mass is 273 g/mol. The lowest BCUT2D eigenvalue weighted by Crippen LogP contribution is -2.36. The fourth-order valence-corrected chi connectivity index (χ4v) is 2.75. The number of hydrogen-bond donors (Lipinski definition) is 1. The minimum atomic E-state index is 0.451. The Morgan fingerprint density at radius 3 is 3.00 bits per heavy atom. The van der Waals surface area contributed by atoms with Gasteiger partial charge in [-0.25, -0.2) is 4.98 Å². The van der Waals surface area contributed by atoms with Gasteiger partial charge in [-0.05, 0) is 32.5 Å². The molecule has 1 N–H and O–H groups in total. The molecule has 0 saturated carbocycles. The lowest BCUT2D eigenvalue weighted by Gasteiger charge is -2.24. The molecule has 2 rings (SSSR count). The van der Waals surface area contributed by atoms with Crippen LogP contribution in [0.5, 0.6) is 0 Å². The van der Waals surface area contributed by atoms with Gasteiger partial charge in [-0.1, -0.05) is 29.3 Å². The molecule has 1 aliphatic rings. The molecule has 94 valence electrons. The minimum Gasteiger partial charge on any atom is -0.318 e. The van der Waals surface area contributed by atoms with Crippen LogP contribution in [0.4, 0.5) is 0 Å². The predicted octanol–water partition coefficient (Wildman–Crippen LogP) is 2.57. The molecule has 2 heterocycles. The van der Waals surface area contributed by atoms with Crippen LogP contribution in [-0.4, -0.2) is 36.1 Å². The van der Waals surface area contributed by atoms with E-state index >= 15 is 0 Å². The van der Waals surface area contributed by atoms with Crippen LogP contribution < -0.4 is 5.32 Å². The van der Waals surface area contributed by atoms with Crippen molar-refractivity contribution in [2.24, 2.45) is 0 Å². The minimum absolute atomic E-state index is 0.451. The van der Waals surface area contributed by atoms with E-state index in [0.717, 1.165) is 25.2 Å². The number of pyridine rings is 1. The fraction of sp³-hybridized carbons (Fsp3) is 0.583. The third kappa shape index (κ3) is 3.32. The molecule has 1 aromatic rings. The van der Waals surface area contributed by atoms with Crippen molar-refractivity contribution in [2.75, 3.05) is 20.1 Å². The van der Waals surface area contributed by atoms with Crippen molar-refractivity contribution in [3.8, 4) is 0 Å². The van der Waals surface area contributed by atoms with Crippen molar-refractivity contribution in [3.63, 3.8) is 0 Å². The molecule has 1 unspecified atom stereocenters. The summed E-state index contributed by atoms with van der Waals surface area (Å²) in [6.07, 6.45) is 2.50. The molecule has 0 radical (unpaired) electrons. The summed E-state index contributed by atoms with van der Waals surface area (Å²) in [4.78, 5) is 6.53. The van der Waals surface area contributed by atoms with Gasteiger partial charge in [-0.15, -0.1) is 0 Å². The van der Waals surface area contributed by atoms with Crippen LogP contribution in [0.2, 0.25) is 10.3 Å². The normalized spacial score (nSPS) is 21.0. The average Bonchev–Trinajstić information content (AvgIpc) is 2.71. The smallest absolute Gasteiger partial charge is 0.135 e. The Balaban J connectivity index is 2.04. The van der Waals surface area contributed by atoms with Gasteiger partial charge in [0.05, 0.1) is 0 Å². The molecule has 1 fully saturated rings. The van der Waals surface area contributed by atoms with Gasteiger partial charge in [-0.2, -0.15) is 0 Å². The van der Waals surface area contributed by atoms with Crippen LogP contribution in [0.3, 0.4) is 0 Å². The molecular formula is C12H17Cl2N3. The highest BCUT2D eigenvalue weighted by molar-refractivity contribution is 6.32. The van der Waals surface area contributed by atoms with Gasteiger partial charge in [0.1, 0.15) is 10.3 Å². The summed E-state index contributed by atoms with van der Waals surface area (Å²) >= 11 is 11.9. The summed E-state index contributed by atoms with van der Waals surface area (Å²) in [6.45, 7) is 3.01. The van der Waals surface area contributed by atoms with Crippen LogP contribution in [0.15, 0.2) is 12.1 Å². The van der Waals surface area contributed by atoms with E-state index in [1.807, 2.05) is 13.1 Å². The maximum absolute atomic E-state index is 6.09. The van der Waals surface area contributed by atoms with Gasteiger partial charge in [0.25, 0.3) is 0 Å². The van der Waals surface area contributed by atoms with E-state index < -0.39 is 0 Å². The molecule has 1 saturated heterocycles. The standard InChI is InChI=1S/C12H17Cl2N3/c1-15-7-10-3-2-6-17(10)8-9-4-5-11(13)16-12(9)14/h4-5,10,15H,2-3,6-8H2,1H3. The lowest BCUT2D eigenvalue weighted by molar-refractivity contribution is 0.242. The van der Waals surface area contributed by atoms with Gasteiger partial charge >= 0.3 is 0 Å². The number of nitrogens with one attached hydrogen (secondary N) is 1. The number of nitrogens with zero attached hydrogens (tertiary/aromatic N) is 2. The molecule has 1 aromatic heterocycles. The number of hydrogen-bond acceptors (Lipinski definition) is 3. The molecule has 0 spiro atoms. The van der Waals surface area contributed by atoms with Crippen molar-refractivity contribution in [2.45, 2.75) is 25.4 Å². The number of likely N-dealkylation sites (tertiary alicyclic amines) is 1. The number of halogens is 2. The molecular weight excluding hydrogens is 257 g/mol. The van der Waals surface area contributed by atoms with Crippen molar-refractivity contribution >= 4 is 23.2 Å². The third-order valence-corrected chi connectivity index (χ3v) is 3.74. The number of aromatic nitrogens is 1. The van der Waals surface area contributed by atoms with E-state index in [1.165, 1.54) is 12.8 Å². The van der Waals surface area contributed by atoms with Gasteiger partial charge in [0.2, 0.25) is 0 Å². The van der Waals surface area contributed by atoms with Crippen LogP contribution in [0, 0.1) is 0 Å². The van der Waals surface area contributed by atoms with E-state index in [2.05, 4.69) is 15.2 Å². The predicted molar refractivity (Wildman–Crippen MR) is 71.6 cm³/mol. The van der Waals surface area contributed by atoms with Crippen LogP contribution >= 0.6 is 23.2 Å². The summed E-state index contributed by atoms with van der Waals surface area (Å²) in [5.74, 6) is 0. The molecule has 0 bridgehead atoms. The van der Waals surface area contributed by atoms with Gasteiger partial charge in [0.15, 0.2) is 0 Å². The van der Waals surface area contributed by atoms with Gasteiger partial charge in [-0.3, -0.25) is 4.90 Å². The highest BCUT2D eigenvalue weighted by atomic mass is 35.5. The van der Waals surface area contributed by atoms with Gasteiger partial charge in [0, 0.05) is 24.7 Å². The Morgan fingerprint density at radius 1 is 1.47 bits per heavy atom. The first kappa shape index (κ1) is 13.1. The Hall–Kier alpha value is -0.350. The van der Waals surface area contributed by atoms with Crippen LogP contribution in [0.25, 0.3) is 0 Å². The third-order valence-electron chi connectivity index (χ3n) is 3.20. The fourth-order valence-electron chi connectivity index (χ4n) is 2.35. The summed E-state index contributed by atoms with van der Waals surface area (Å²) in [5.41, 5.74) is 1.05. The van der Waals surface area contributed by atoms with Crippen molar-refractivity contribution in [1.82, 2.24) is 15.2 Å². The second-order valence-corrected chi connectivity index (χ2v) is 5.15. The van der Waals surface area contributed by atoms with Gasteiger partial charge < -0.3 is 5.32 Å². The molecule has 0 amide bonds. The van der Waals surface area contributed by atoms with Crippen molar-refractivity contribution in [3.05, 3.63) is 28.0 Å². The average molecular weight is 274 g/mol. The molecule has 0 aromatic carbocycles. The van der Waals surface area contributed by atoms with E-state index in [9.17, 15) is 0 Å². The van der Waals surface area contributed by atoms with Crippen LogP contribution in [-0.2, 0) is 6.54 Å². The first-order valence-corrected chi connectivity index (χ1v) is 6.66. The first-order chi connectivity index (χ1) is 8.20. The Morgan fingerprint density at radius 2 is 2.29 bits per heavy atom. The second kappa shape index (κ2) is 6.01. The molecule has 0 aliphatic carbocycles. The molecule has 3 nitrogen and oxygen atoms in total. The molecule has 17 heavy (non-hydrogen) atoms. The maximum Gasteiger partial charge on any atom is 0.135 e. The molecule has 1 aliphatic heterocycles. The highest BCUT2D eigenvalue weighted by Crippen LogP contribution is 2.23. The summed E-state index contributed by atoms with van der Waals surface area (Å²) in [7, 11) is 1.99. The topological polar surface area (TPSA) is 28.2 Å². The summed E-state index contributed by atoms with van der Waals surface area (Å²) in [6, 6.07) is 4.37. The molecule has 1 atom stereocenters. The zero-order valence-corrected chi connectivity index (χ0v) is 11.4. The Kier molecular flexibility index (Phi) is 4.62. The van der Waals surface area contributed by atoms with E-state index in [-0.39, 0.29) is 0 Å². The van der Waals surface area contributed by atoms with E-state index in [4.69, 9.17) is 23.2 Å². The number of rotatable bonds is 4. The molecule has 5 heteroatoms. The quantitative estimate of drug-likeness (QED) is 0.855. The second-order valence-electron chi connectivity index (χ2n) is 4.41.